The number of nitriles is 1. The quantitative estimate of drug-likeness (QED) is 0.670. The normalized spacial score (nSPS) is 10.0. The summed E-state index contributed by atoms with van der Waals surface area (Å²) in [7, 11) is 0. The highest BCUT2D eigenvalue weighted by molar-refractivity contribution is 6.35. The number of pyridine rings is 1. The minimum absolute atomic E-state index is 0.379. The Labute approximate surface area is 73.6 Å². The van der Waals surface area contributed by atoms with E-state index >= 15 is 0 Å². The molecular formula is C8H4ClN3. The van der Waals surface area contributed by atoms with Crippen molar-refractivity contribution >= 4 is 22.5 Å². The molecule has 0 aromatic carbocycles. The van der Waals surface area contributed by atoms with E-state index in [1.807, 2.05) is 6.07 Å². The molecule has 3 nitrogen and oxygen atoms in total. The summed E-state index contributed by atoms with van der Waals surface area (Å²) >= 11 is 5.83. The SMILES string of the molecule is N#Cc1cc2c(Cl)c[nH]c2cn1. The highest BCUT2D eigenvalue weighted by Crippen LogP contribution is 2.22. The molecule has 0 atom stereocenters. The van der Waals surface area contributed by atoms with Crippen LogP contribution in [0.2, 0.25) is 5.02 Å². The van der Waals surface area contributed by atoms with Crippen LogP contribution < -0.4 is 0 Å². The summed E-state index contributed by atoms with van der Waals surface area (Å²) < 4.78 is 0. The molecule has 0 bridgehead atoms. The Morgan fingerprint density at radius 3 is 3.17 bits per heavy atom. The zero-order chi connectivity index (χ0) is 8.55. The summed E-state index contributed by atoms with van der Waals surface area (Å²) in [5, 5.41) is 10.0. The van der Waals surface area contributed by atoms with Crippen molar-refractivity contribution in [1.29, 1.82) is 5.26 Å². The average Bonchev–Trinajstić information content (AvgIpc) is 2.47. The Morgan fingerprint density at radius 2 is 2.42 bits per heavy atom. The molecular weight excluding hydrogens is 174 g/mol. The zero-order valence-electron chi connectivity index (χ0n) is 6.00. The molecule has 0 aliphatic carbocycles. The van der Waals surface area contributed by atoms with E-state index in [4.69, 9.17) is 16.9 Å². The Bertz CT molecular complexity index is 467. The van der Waals surface area contributed by atoms with Gasteiger partial charge in [0.1, 0.15) is 11.8 Å². The van der Waals surface area contributed by atoms with Crippen molar-refractivity contribution in [2.75, 3.05) is 0 Å². The lowest BCUT2D eigenvalue weighted by Crippen LogP contribution is -1.79. The van der Waals surface area contributed by atoms with E-state index in [0.717, 1.165) is 10.9 Å². The fourth-order valence-corrected chi connectivity index (χ4v) is 1.26. The van der Waals surface area contributed by atoms with E-state index in [-0.39, 0.29) is 0 Å². The monoisotopic (exact) mass is 177 g/mol. The molecule has 0 aliphatic heterocycles. The van der Waals surface area contributed by atoms with Crippen LogP contribution in [0.5, 0.6) is 0 Å². The molecule has 58 valence electrons. The Balaban J connectivity index is 2.82. The number of H-pyrrole nitrogens is 1. The third kappa shape index (κ3) is 0.936. The minimum atomic E-state index is 0.379. The van der Waals surface area contributed by atoms with Gasteiger partial charge in [0.25, 0.3) is 0 Å². The van der Waals surface area contributed by atoms with Gasteiger partial charge in [0.15, 0.2) is 0 Å². The van der Waals surface area contributed by atoms with E-state index in [9.17, 15) is 0 Å². The summed E-state index contributed by atoms with van der Waals surface area (Å²) in [6.07, 6.45) is 3.27. The highest BCUT2D eigenvalue weighted by atomic mass is 35.5. The molecule has 2 heterocycles. The van der Waals surface area contributed by atoms with Crippen LogP contribution >= 0.6 is 11.6 Å². The maximum atomic E-state index is 8.56. The maximum Gasteiger partial charge on any atom is 0.141 e. The predicted molar refractivity (Wildman–Crippen MR) is 45.8 cm³/mol. The first-order valence-corrected chi connectivity index (χ1v) is 3.72. The second-order valence-electron chi connectivity index (χ2n) is 2.36. The second kappa shape index (κ2) is 2.50. The summed E-state index contributed by atoms with van der Waals surface area (Å²) in [5.74, 6) is 0. The van der Waals surface area contributed by atoms with Crippen molar-refractivity contribution < 1.29 is 0 Å². The fourth-order valence-electron chi connectivity index (χ4n) is 1.05. The number of halogens is 1. The summed E-state index contributed by atoms with van der Waals surface area (Å²) in [6, 6.07) is 3.61. The average molecular weight is 178 g/mol. The minimum Gasteiger partial charge on any atom is -0.358 e. The van der Waals surface area contributed by atoms with Crippen molar-refractivity contribution in [1.82, 2.24) is 9.97 Å². The van der Waals surface area contributed by atoms with Gasteiger partial charge in [0, 0.05) is 11.6 Å². The number of fused-ring (bicyclic) bond motifs is 1. The lowest BCUT2D eigenvalue weighted by Gasteiger charge is -1.89. The first-order valence-electron chi connectivity index (χ1n) is 3.34. The van der Waals surface area contributed by atoms with E-state index in [1.165, 1.54) is 0 Å². The van der Waals surface area contributed by atoms with Gasteiger partial charge in [0.05, 0.1) is 16.7 Å². The lowest BCUT2D eigenvalue weighted by atomic mass is 10.3. The molecule has 0 radical (unpaired) electrons. The molecule has 2 aromatic heterocycles. The predicted octanol–water partition coefficient (Wildman–Crippen LogP) is 2.09. The fraction of sp³-hybridized carbons (Fsp3) is 0. The standard InChI is InChI=1S/C8H4ClN3/c9-7-3-12-8-4-11-5(2-10)1-6(7)8/h1,3-4,12H. The number of aromatic amines is 1. The van der Waals surface area contributed by atoms with Crippen molar-refractivity contribution in [3.63, 3.8) is 0 Å². The molecule has 0 amide bonds. The van der Waals surface area contributed by atoms with Gasteiger partial charge in [-0.05, 0) is 6.07 Å². The summed E-state index contributed by atoms with van der Waals surface area (Å²) in [5.41, 5.74) is 1.23. The molecule has 0 aliphatic rings. The van der Waals surface area contributed by atoms with Crippen LogP contribution in [-0.4, -0.2) is 9.97 Å². The van der Waals surface area contributed by atoms with Gasteiger partial charge in [-0.2, -0.15) is 5.26 Å². The number of aromatic nitrogens is 2. The van der Waals surface area contributed by atoms with Crippen LogP contribution in [0.15, 0.2) is 18.5 Å². The van der Waals surface area contributed by atoms with Gasteiger partial charge in [-0.15, -0.1) is 0 Å². The van der Waals surface area contributed by atoms with Gasteiger partial charge in [-0.25, -0.2) is 4.98 Å². The third-order valence-electron chi connectivity index (χ3n) is 1.63. The zero-order valence-corrected chi connectivity index (χ0v) is 6.76. The first kappa shape index (κ1) is 7.14. The molecule has 12 heavy (non-hydrogen) atoms. The molecule has 1 N–H and O–H groups in total. The Morgan fingerprint density at radius 1 is 1.58 bits per heavy atom. The molecule has 0 saturated carbocycles. The summed E-state index contributed by atoms with van der Waals surface area (Å²) in [6.45, 7) is 0. The smallest absolute Gasteiger partial charge is 0.141 e. The number of nitrogens with zero attached hydrogens (tertiary/aromatic N) is 2. The topological polar surface area (TPSA) is 52.5 Å². The van der Waals surface area contributed by atoms with Gasteiger partial charge >= 0.3 is 0 Å². The maximum absolute atomic E-state index is 8.56. The molecule has 0 unspecified atom stereocenters. The van der Waals surface area contributed by atoms with E-state index in [1.54, 1.807) is 18.5 Å². The largest absolute Gasteiger partial charge is 0.358 e. The van der Waals surface area contributed by atoms with Crippen LogP contribution in [0, 0.1) is 11.3 Å². The van der Waals surface area contributed by atoms with Gasteiger partial charge in [-0.1, -0.05) is 11.6 Å². The molecule has 0 fully saturated rings. The van der Waals surface area contributed by atoms with E-state index < -0.39 is 0 Å². The third-order valence-corrected chi connectivity index (χ3v) is 1.94. The first-order chi connectivity index (χ1) is 5.81. The Hall–Kier alpha value is -1.53. The highest BCUT2D eigenvalue weighted by Gasteiger charge is 2.02. The molecule has 0 spiro atoms. The molecule has 2 rings (SSSR count). The number of hydrogen-bond donors (Lipinski definition) is 1. The molecule has 0 saturated heterocycles. The Kier molecular flexibility index (Phi) is 1.49. The van der Waals surface area contributed by atoms with Crippen LogP contribution in [-0.2, 0) is 0 Å². The van der Waals surface area contributed by atoms with E-state index in [2.05, 4.69) is 9.97 Å². The van der Waals surface area contributed by atoms with Crippen LogP contribution in [0.1, 0.15) is 5.69 Å². The van der Waals surface area contributed by atoms with Crippen molar-refractivity contribution in [3.8, 4) is 6.07 Å². The number of nitrogens with one attached hydrogen (secondary N) is 1. The van der Waals surface area contributed by atoms with Gasteiger partial charge in [-0.3, -0.25) is 0 Å². The van der Waals surface area contributed by atoms with Crippen LogP contribution in [0.25, 0.3) is 10.9 Å². The number of rotatable bonds is 0. The van der Waals surface area contributed by atoms with Crippen LogP contribution in [0.4, 0.5) is 0 Å². The lowest BCUT2D eigenvalue weighted by molar-refractivity contribution is 1.28. The van der Waals surface area contributed by atoms with Crippen molar-refractivity contribution in [2.24, 2.45) is 0 Å². The van der Waals surface area contributed by atoms with Crippen molar-refractivity contribution in [2.45, 2.75) is 0 Å². The molecule has 2 aromatic rings. The second-order valence-corrected chi connectivity index (χ2v) is 2.77. The summed E-state index contributed by atoms with van der Waals surface area (Å²) in [4.78, 5) is 6.82. The number of hydrogen-bond acceptors (Lipinski definition) is 2. The van der Waals surface area contributed by atoms with Crippen LogP contribution in [0.3, 0.4) is 0 Å². The van der Waals surface area contributed by atoms with E-state index in [0.29, 0.717) is 10.7 Å². The molecule has 4 heteroatoms. The van der Waals surface area contributed by atoms with Crippen molar-refractivity contribution in [3.05, 3.63) is 29.2 Å². The van der Waals surface area contributed by atoms with Gasteiger partial charge in [0.2, 0.25) is 0 Å². The van der Waals surface area contributed by atoms with Gasteiger partial charge < -0.3 is 4.98 Å².